The molecule has 0 fully saturated rings. The van der Waals surface area contributed by atoms with Crippen molar-refractivity contribution in [1.29, 1.82) is 0 Å². The predicted molar refractivity (Wildman–Crippen MR) is 62.5 cm³/mol. The smallest absolute Gasteiger partial charge is 0.329 e. The standard InChI is InChI=1S/C12H17NO4/c1-12(13,11(15)16-2)8-17-10-6-4-3-5-9(10)7-14/h3-6,14H,7-8,13H2,1-2H3. The Kier molecular flexibility index (Phi) is 4.48. The first-order valence-electron chi connectivity index (χ1n) is 5.20. The SMILES string of the molecule is COC(=O)C(C)(N)COc1ccccc1CO. The number of ether oxygens (including phenoxy) is 2. The fraction of sp³-hybridized carbons (Fsp3) is 0.417. The van der Waals surface area contributed by atoms with Crippen LogP contribution in [0.3, 0.4) is 0 Å². The minimum absolute atomic E-state index is 0.0172. The molecule has 0 heterocycles. The van der Waals surface area contributed by atoms with E-state index in [9.17, 15) is 4.79 Å². The Hall–Kier alpha value is -1.59. The number of aliphatic hydroxyl groups excluding tert-OH is 1. The summed E-state index contributed by atoms with van der Waals surface area (Å²) in [6, 6.07) is 7.01. The van der Waals surface area contributed by atoms with Gasteiger partial charge in [0, 0.05) is 5.56 Å². The predicted octanol–water partition coefficient (Wildman–Crippen LogP) is 0.448. The quantitative estimate of drug-likeness (QED) is 0.729. The molecule has 1 aromatic carbocycles. The number of carbonyl (C=O) groups is 1. The van der Waals surface area contributed by atoms with Crippen LogP contribution < -0.4 is 10.5 Å². The van der Waals surface area contributed by atoms with Gasteiger partial charge in [-0.2, -0.15) is 0 Å². The summed E-state index contributed by atoms with van der Waals surface area (Å²) in [5.74, 6) is -0.0328. The van der Waals surface area contributed by atoms with Crippen LogP contribution in [0.5, 0.6) is 5.75 Å². The van der Waals surface area contributed by atoms with Gasteiger partial charge < -0.3 is 20.3 Å². The number of methoxy groups -OCH3 is 1. The van der Waals surface area contributed by atoms with Crippen LogP contribution in [-0.2, 0) is 16.1 Å². The van der Waals surface area contributed by atoms with Crippen molar-refractivity contribution in [2.45, 2.75) is 19.1 Å². The second-order valence-electron chi connectivity index (χ2n) is 3.96. The van der Waals surface area contributed by atoms with Gasteiger partial charge in [0.25, 0.3) is 0 Å². The molecule has 94 valence electrons. The molecule has 0 aliphatic rings. The van der Waals surface area contributed by atoms with Crippen LogP contribution in [0.15, 0.2) is 24.3 Å². The second kappa shape index (κ2) is 5.65. The van der Waals surface area contributed by atoms with E-state index in [1.165, 1.54) is 14.0 Å². The minimum atomic E-state index is -1.21. The molecule has 1 unspecified atom stereocenters. The van der Waals surface area contributed by atoms with Gasteiger partial charge in [0.05, 0.1) is 13.7 Å². The van der Waals surface area contributed by atoms with Gasteiger partial charge in [0.1, 0.15) is 17.9 Å². The molecule has 0 amide bonds. The Morgan fingerprint density at radius 1 is 1.47 bits per heavy atom. The highest BCUT2D eigenvalue weighted by atomic mass is 16.5. The van der Waals surface area contributed by atoms with Gasteiger partial charge in [-0.1, -0.05) is 18.2 Å². The molecule has 0 saturated heterocycles. The number of para-hydroxylation sites is 1. The van der Waals surface area contributed by atoms with Crippen LogP contribution in [0.2, 0.25) is 0 Å². The van der Waals surface area contributed by atoms with Crippen LogP contribution >= 0.6 is 0 Å². The lowest BCUT2D eigenvalue weighted by Gasteiger charge is -2.22. The van der Waals surface area contributed by atoms with E-state index in [2.05, 4.69) is 4.74 Å². The molecule has 0 aliphatic heterocycles. The van der Waals surface area contributed by atoms with Crippen molar-refractivity contribution in [3.05, 3.63) is 29.8 Å². The van der Waals surface area contributed by atoms with Crippen LogP contribution in [0.4, 0.5) is 0 Å². The lowest BCUT2D eigenvalue weighted by molar-refractivity contribution is -0.147. The number of rotatable bonds is 5. The molecule has 5 nitrogen and oxygen atoms in total. The van der Waals surface area contributed by atoms with Gasteiger partial charge in [0.2, 0.25) is 0 Å². The van der Waals surface area contributed by atoms with Gasteiger partial charge in [0.15, 0.2) is 0 Å². The van der Waals surface area contributed by atoms with Crippen molar-refractivity contribution in [2.24, 2.45) is 5.73 Å². The molecule has 0 saturated carbocycles. The number of nitrogens with two attached hydrogens (primary N) is 1. The fourth-order valence-electron chi connectivity index (χ4n) is 1.30. The Morgan fingerprint density at radius 3 is 2.71 bits per heavy atom. The third-order valence-electron chi connectivity index (χ3n) is 2.32. The van der Waals surface area contributed by atoms with E-state index in [1.807, 2.05) is 0 Å². The summed E-state index contributed by atoms with van der Waals surface area (Å²) in [5, 5.41) is 9.10. The van der Waals surface area contributed by atoms with Crippen LogP contribution in [-0.4, -0.2) is 30.3 Å². The first-order valence-corrected chi connectivity index (χ1v) is 5.20. The highest BCUT2D eigenvalue weighted by molar-refractivity contribution is 5.80. The molecule has 1 aromatic rings. The van der Waals surface area contributed by atoms with Crippen molar-refractivity contribution in [2.75, 3.05) is 13.7 Å². The topological polar surface area (TPSA) is 81.8 Å². The average molecular weight is 239 g/mol. The van der Waals surface area contributed by atoms with Crippen molar-refractivity contribution in [1.82, 2.24) is 0 Å². The first-order chi connectivity index (χ1) is 8.01. The Labute approximate surface area is 100 Å². The molecule has 5 heteroatoms. The normalized spacial score (nSPS) is 13.9. The molecular formula is C12H17NO4. The molecule has 0 bridgehead atoms. The van der Waals surface area contributed by atoms with Crippen LogP contribution in [0, 0.1) is 0 Å². The molecular weight excluding hydrogens is 222 g/mol. The van der Waals surface area contributed by atoms with E-state index < -0.39 is 11.5 Å². The van der Waals surface area contributed by atoms with Crippen molar-refractivity contribution in [3.63, 3.8) is 0 Å². The van der Waals surface area contributed by atoms with E-state index in [0.717, 1.165) is 0 Å². The number of hydrogen-bond acceptors (Lipinski definition) is 5. The summed E-state index contributed by atoms with van der Waals surface area (Å²) in [6.07, 6.45) is 0. The molecule has 3 N–H and O–H groups in total. The zero-order chi connectivity index (χ0) is 12.9. The van der Waals surface area contributed by atoms with Gasteiger partial charge in [-0.3, -0.25) is 0 Å². The van der Waals surface area contributed by atoms with Gasteiger partial charge in [-0.05, 0) is 13.0 Å². The molecule has 0 spiro atoms. The minimum Gasteiger partial charge on any atom is -0.491 e. The Morgan fingerprint density at radius 2 is 2.12 bits per heavy atom. The molecule has 0 radical (unpaired) electrons. The number of hydrogen-bond donors (Lipinski definition) is 2. The number of aliphatic hydroxyl groups is 1. The van der Waals surface area contributed by atoms with E-state index in [4.69, 9.17) is 15.6 Å². The highest BCUT2D eigenvalue weighted by Gasteiger charge is 2.30. The largest absolute Gasteiger partial charge is 0.491 e. The number of carbonyl (C=O) groups excluding carboxylic acids is 1. The zero-order valence-corrected chi connectivity index (χ0v) is 9.97. The molecule has 0 aliphatic carbocycles. The van der Waals surface area contributed by atoms with Crippen molar-refractivity contribution in [3.8, 4) is 5.75 Å². The van der Waals surface area contributed by atoms with E-state index >= 15 is 0 Å². The third kappa shape index (κ3) is 3.44. The summed E-state index contributed by atoms with van der Waals surface area (Å²) in [5.41, 5.74) is 5.18. The number of benzene rings is 1. The average Bonchev–Trinajstić information content (AvgIpc) is 2.35. The lowest BCUT2D eigenvalue weighted by Crippen LogP contribution is -2.50. The molecule has 1 rings (SSSR count). The van der Waals surface area contributed by atoms with E-state index in [0.29, 0.717) is 11.3 Å². The maximum Gasteiger partial charge on any atom is 0.329 e. The van der Waals surface area contributed by atoms with Gasteiger partial charge >= 0.3 is 5.97 Å². The Bertz CT molecular complexity index is 390. The highest BCUT2D eigenvalue weighted by Crippen LogP contribution is 2.19. The van der Waals surface area contributed by atoms with Crippen molar-refractivity contribution >= 4 is 5.97 Å². The number of esters is 1. The molecule has 1 atom stereocenters. The maximum atomic E-state index is 11.3. The molecule has 17 heavy (non-hydrogen) atoms. The van der Waals surface area contributed by atoms with Gasteiger partial charge in [-0.15, -0.1) is 0 Å². The maximum absolute atomic E-state index is 11.3. The van der Waals surface area contributed by atoms with E-state index in [-0.39, 0.29) is 13.2 Å². The summed E-state index contributed by atoms with van der Waals surface area (Å²) in [6.45, 7) is 1.38. The Balaban J connectivity index is 2.70. The summed E-state index contributed by atoms with van der Waals surface area (Å²) in [4.78, 5) is 11.3. The fourth-order valence-corrected chi connectivity index (χ4v) is 1.30. The lowest BCUT2D eigenvalue weighted by atomic mass is 10.1. The van der Waals surface area contributed by atoms with Crippen LogP contribution in [0.25, 0.3) is 0 Å². The summed E-state index contributed by atoms with van der Waals surface area (Å²) >= 11 is 0. The first kappa shape index (κ1) is 13.5. The second-order valence-corrected chi connectivity index (χ2v) is 3.96. The summed E-state index contributed by atoms with van der Waals surface area (Å²) in [7, 11) is 1.27. The van der Waals surface area contributed by atoms with Crippen LogP contribution in [0.1, 0.15) is 12.5 Å². The monoisotopic (exact) mass is 239 g/mol. The summed E-state index contributed by atoms with van der Waals surface area (Å²) < 4.78 is 10.00. The third-order valence-corrected chi connectivity index (χ3v) is 2.32. The van der Waals surface area contributed by atoms with E-state index in [1.54, 1.807) is 24.3 Å². The molecule has 0 aromatic heterocycles. The zero-order valence-electron chi connectivity index (χ0n) is 9.97. The van der Waals surface area contributed by atoms with Gasteiger partial charge in [-0.25, -0.2) is 4.79 Å². The van der Waals surface area contributed by atoms with Crippen molar-refractivity contribution < 1.29 is 19.4 Å².